The van der Waals surface area contributed by atoms with Crippen LogP contribution in [0.1, 0.15) is 20.8 Å². The van der Waals surface area contributed by atoms with E-state index in [-0.39, 0.29) is 11.2 Å². The maximum atomic E-state index is 10.5. The van der Waals surface area contributed by atoms with Crippen molar-refractivity contribution in [2.45, 2.75) is 27.3 Å². The Bertz CT molecular complexity index is 370. The van der Waals surface area contributed by atoms with Crippen molar-refractivity contribution in [3.05, 3.63) is 22.4 Å². The van der Waals surface area contributed by atoms with E-state index in [1.54, 1.807) is 10.9 Å². The maximum Gasteiger partial charge on any atom is 0.389 e. The van der Waals surface area contributed by atoms with Gasteiger partial charge in [-0.3, -0.25) is 0 Å². The van der Waals surface area contributed by atoms with Crippen molar-refractivity contribution in [3.8, 4) is 0 Å². The molecule has 1 unspecified atom stereocenters. The van der Waals surface area contributed by atoms with Gasteiger partial charge in [0.15, 0.2) is 0 Å². The first kappa shape index (κ1) is 13.0. The van der Waals surface area contributed by atoms with Gasteiger partial charge in [-0.15, -0.1) is 0 Å². The number of hydrogen-bond donors (Lipinski definition) is 1. The fourth-order valence-corrected chi connectivity index (χ4v) is 2.04. The van der Waals surface area contributed by atoms with Crippen molar-refractivity contribution in [1.29, 1.82) is 0 Å². The Morgan fingerprint density at radius 1 is 1.62 bits per heavy atom. The average molecular weight is 243 g/mol. The van der Waals surface area contributed by atoms with Crippen molar-refractivity contribution in [3.63, 3.8) is 0 Å². The SMILES string of the molecule is CC(C)(C)C(CS)Cn1ccc([N+](=O)[O-])n1. The molecule has 1 atom stereocenters. The minimum Gasteiger partial charge on any atom is -0.358 e. The Labute approximate surface area is 100 Å². The van der Waals surface area contributed by atoms with Gasteiger partial charge in [0.1, 0.15) is 0 Å². The molecule has 0 spiro atoms. The lowest BCUT2D eigenvalue weighted by molar-refractivity contribution is -0.389. The number of rotatable bonds is 4. The summed E-state index contributed by atoms with van der Waals surface area (Å²) in [5.74, 6) is 0.958. The van der Waals surface area contributed by atoms with E-state index in [2.05, 4.69) is 38.5 Å². The lowest BCUT2D eigenvalue weighted by Crippen LogP contribution is -2.27. The van der Waals surface area contributed by atoms with Crippen LogP contribution in [0.3, 0.4) is 0 Å². The first-order valence-electron chi connectivity index (χ1n) is 5.13. The fourth-order valence-electron chi connectivity index (χ4n) is 1.38. The molecule has 1 aromatic rings. The van der Waals surface area contributed by atoms with Crippen LogP contribution in [-0.2, 0) is 6.54 Å². The van der Waals surface area contributed by atoms with Crippen LogP contribution in [0.4, 0.5) is 5.82 Å². The smallest absolute Gasteiger partial charge is 0.358 e. The van der Waals surface area contributed by atoms with E-state index in [9.17, 15) is 10.1 Å². The van der Waals surface area contributed by atoms with Crippen LogP contribution in [0, 0.1) is 21.4 Å². The van der Waals surface area contributed by atoms with Gasteiger partial charge in [-0.1, -0.05) is 20.8 Å². The summed E-state index contributed by atoms with van der Waals surface area (Å²) in [6, 6.07) is 1.41. The minimum atomic E-state index is -0.483. The van der Waals surface area contributed by atoms with Gasteiger partial charge in [0.25, 0.3) is 0 Å². The van der Waals surface area contributed by atoms with Crippen LogP contribution in [0.15, 0.2) is 12.3 Å². The average Bonchev–Trinajstić information content (AvgIpc) is 2.60. The second kappa shape index (κ2) is 4.86. The Morgan fingerprint density at radius 2 is 2.25 bits per heavy atom. The number of nitro groups is 1. The molecule has 6 heteroatoms. The molecular formula is C10H17N3O2S. The predicted octanol–water partition coefficient (Wildman–Crippen LogP) is 2.38. The minimum absolute atomic E-state index is 0.105. The molecule has 1 aromatic heterocycles. The summed E-state index contributed by atoms with van der Waals surface area (Å²) in [4.78, 5) is 10.00. The molecule has 0 N–H and O–H groups in total. The maximum absolute atomic E-state index is 10.5. The van der Waals surface area contributed by atoms with Crippen LogP contribution >= 0.6 is 12.6 Å². The van der Waals surface area contributed by atoms with Crippen molar-refractivity contribution < 1.29 is 4.92 Å². The Balaban J connectivity index is 2.75. The monoisotopic (exact) mass is 243 g/mol. The van der Waals surface area contributed by atoms with Gasteiger partial charge in [-0.25, -0.2) is 0 Å². The van der Waals surface area contributed by atoms with Crippen LogP contribution in [0.25, 0.3) is 0 Å². The van der Waals surface area contributed by atoms with Crippen molar-refractivity contribution in [2.24, 2.45) is 11.3 Å². The molecule has 0 aliphatic heterocycles. The predicted molar refractivity (Wildman–Crippen MR) is 65.7 cm³/mol. The van der Waals surface area contributed by atoms with Crippen LogP contribution in [0.2, 0.25) is 0 Å². The highest BCUT2D eigenvalue weighted by molar-refractivity contribution is 7.80. The summed E-state index contributed by atoms with van der Waals surface area (Å²) in [5, 5.41) is 14.4. The van der Waals surface area contributed by atoms with Gasteiger partial charge >= 0.3 is 5.82 Å². The molecule has 1 heterocycles. The van der Waals surface area contributed by atoms with E-state index in [0.29, 0.717) is 12.5 Å². The zero-order chi connectivity index (χ0) is 12.3. The lowest BCUT2D eigenvalue weighted by atomic mass is 9.82. The molecule has 5 nitrogen and oxygen atoms in total. The van der Waals surface area contributed by atoms with Crippen LogP contribution < -0.4 is 0 Å². The van der Waals surface area contributed by atoms with E-state index in [1.807, 2.05) is 0 Å². The van der Waals surface area contributed by atoms with Crippen LogP contribution in [-0.4, -0.2) is 20.5 Å². The molecule has 0 fully saturated rings. The van der Waals surface area contributed by atoms with Gasteiger partial charge < -0.3 is 10.1 Å². The van der Waals surface area contributed by atoms with Gasteiger partial charge in [-0.05, 0) is 22.0 Å². The third-order valence-corrected chi connectivity index (χ3v) is 3.11. The molecule has 0 aliphatic rings. The molecule has 1 rings (SSSR count). The second-order valence-corrected chi connectivity index (χ2v) is 5.26. The normalized spacial score (nSPS) is 13.8. The summed E-state index contributed by atoms with van der Waals surface area (Å²) in [6.45, 7) is 7.05. The summed E-state index contributed by atoms with van der Waals surface area (Å²) < 4.78 is 1.62. The van der Waals surface area contributed by atoms with Crippen molar-refractivity contribution in [2.75, 3.05) is 5.75 Å². The fraction of sp³-hybridized carbons (Fsp3) is 0.700. The number of hydrogen-bond acceptors (Lipinski definition) is 4. The Kier molecular flexibility index (Phi) is 3.96. The zero-order valence-electron chi connectivity index (χ0n) is 9.75. The van der Waals surface area contributed by atoms with Crippen molar-refractivity contribution in [1.82, 2.24) is 9.78 Å². The molecule has 16 heavy (non-hydrogen) atoms. The molecule has 90 valence electrons. The Morgan fingerprint density at radius 3 is 2.62 bits per heavy atom. The number of nitrogens with zero attached hydrogens (tertiary/aromatic N) is 3. The van der Waals surface area contributed by atoms with Gasteiger partial charge in [0.05, 0.1) is 23.9 Å². The number of aromatic nitrogens is 2. The molecule has 0 aromatic carbocycles. The molecular weight excluding hydrogens is 226 g/mol. The Hall–Kier alpha value is -1.04. The summed E-state index contributed by atoms with van der Waals surface area (Å²) in [6.07, 6.45) is 1.64. The number of thiol groups is 1. The van der Waals surface area contributed by atoms with Gasteiger partial charge in [0, 0.05) is 0 Å². The molecule has 0 amide bonds. The highest BCUT2D eigenvalue weighted by Gasteiger charge is 2.25. The van der Waals surface area contributed by atoms with E-state index < -0.39 is 4.92 Å². The molecule has 0 saturated carbocycles. The summed E-state index contributed by atoms with van der Waals surface area (Å²) in [7, 11) is 0. The van der Waals surface area contributed by atoms with E-state index >= 15 is 0 Å². The van der Waals surface area contributed by atoms with Gasteiger partial charge in [-0.2, -0.15) is 17.3 Å². The first-order chi connectivity index (χ1) is 7.34. The molecule has 0 bridgehead atoms. The largest absolute Gasteiger partial charge is 0.389 e. The highest BCUT2D eigenvalue weighted by atomic mass is 32.1. The zero-order valence-corrected chi connectivity index (χ0v) is 10.6. The second-order valence-electron chi connectivity index (χ2n) is 4.90. The standard InChI is InChI=1S/C10H17N3O2S/c1-10(2,3)8(7-16)6-12-5-4-9(11-12)13(14)15/h4-5,8,16H,6-7H2,1-3H3. The van der Waals surface area contributed by atoms with Crippen LogP contribution in [0.5, 0.6) is 0 Å². The van der Waals surface area contributed by atoms with Gasteiger partial charge in [0.2, 0.25) is 0 Å². The van der Waals surface area contributed by atoms with E-state index in [0.717, 1.165) is 5.75 Å². The first-order valence-corrected chi connectivity index (χ1v) is 5.76. The summed E-state index contributed by atoms with van der Waals surface area (Å²) in [5.41, 5.74) is 0.114. The van der Waals surface area contributed by atoms with E-state index in [1.165, 1.54) is 6.07 Å². The topological polar surface area (TPSA) is 61.0 Å². The quantitative estimate of drug-likeness (QED) is 0.502. The summed E-state index contributed by atoms with van der Waals surface area (Å²) >= 11 is 4.31. The lowest BCUT2D eigenvalue weighted by Gasteiger charge is -2.28. The molecule has 0 radical (unpaired) electrons. The van der Waals surface area contributed by atoms with E-state index in [4.69, 9.17) is 0 Å². The molecule has 0 saturated heterocycles. The molecule has 0 aliphatic carbocycles. The third kappa shape index (κ3) is 3.23. The third-order valence-electron chi connectivity index (χ3n) is 2.67. The van der Waals surface area contributed by atoms with Crippen molar-refractivity contribution >= 4 is 18.4 Å². The highest BCUT2D eigenvalue weighted by Crippen LogP contribution is 2.28.